The van der Waals surface area contributed by atoms with Gasteiger partial charge in [-0.15, -0.1) is 0 Å². The predicted octanol–water partition coefficient (Wildman–Crippen LogP) is 2.15. The third kappa shape index (κ3) is 3.01. The molecule has 0 radical (unpaired) electrons. The zero-order valence-electron chi connectivity index (χ0n) is 11.2. The van der Waals surface area contributed by atoms with Crippen LogP contribution in [0.3, 0.4) is 0 Å². The molecule has 0 aromatic heterocycles. The van der Waals surface area contributed by atoms with Crippen LogP contribution in [-0.4, -0.2) is 29.4 Å². The minimum Gasteiger partial charge on any atom is -0.339 e. The quantitative estimate of drug-likeness (QED) is 0.819. The van der Waals surface area contributed by atoms with E-state index in [4.69, 9.17) is 5.73 Å². The Bertz CT molecular complexity index is 277. The highest BCUT2D eigenvalue weighted by Gasteiger charge is 2.36. The zero-order chi connectivity index (χ0) is 12.4. The van der Waals surface area contributed by atoms with Gasteiger partial charge in [-0.25, -0.2) is 0 Å². The van der Waals surface area contributed by atoms with Crippen LogP contribution in [0.2, 0.25) is 0 Å². The van der Waals surface area contributed by atoms with Crippen LogP contribution in [0.4, 0.5) is 0 Å². The molecule has 0 bridgehead atoms. The lowest BCUT2D eigenvalue weighted by Crippen LogP contribution is -2.40. The first-order valence-corrected chi connectivity index (χ1v) is 7.14. The molecule has 17 heavy (non-hydrogen) atoms. The molecule has 0 unspecified atom stereocenters. The highest BCUT2D eigenvalue weighted by Crippen LogP contribution is 2.31. The van der Waals surface area contributed by atoms with Crippen molar-refractivity contribution in [2.24, 2.45) is 17.6 Å². The smallest absolute Gasteiger partial charge is 0.225 e. The lowest BCUT2D eigenvalue weighted by atomic mass is 10.00. The fourth-order valence-electron chi connectivity index (χ4n) is 3.39. The number of nitrogens with zero attached hydrogens (tertiary/aromatic N) is 1. The van der Waals surface area contributed by atoms with E-state index in [1.165, 1.54) is 12.8 Å². The molecule has 3 heteroatoms. The van der Waals surface area contributed by atoms with Gasteiger partial charge in [-0.2, -0.15) is 0 Å². The Morgan fingerprint density at radius 3 is 2.71 bits per heavy atom. The van der Waals surface area contributed by atoms with E-state index in [-0.39, 0.29) is 12.0 Å². The maximum absolute atomic E-state index is 12.5. The average Bonchev–Trinajstić information content (AvgIpc) is 2.85. The van der Waals surface area contributed by atoms with Crippen molar-refractivity contribution >= 4 is 5.91 Å². The molecule has 0 aromatic carbocycles. The van der Waals surface area contributed by atoms with E-state index in [0.717, 1.165) is 32.2 Å². The van der Waals surface area contributed by atoms with Gasteiger partial charge in [-0.05, 0) is 44.4 Å². The maximum Gasteiger partial charge on any atom is 0.225 e. The minimum absolute atomic E-state index is 0.220. The van der Waals surface area contributed by atoms with Crippen molar-refractivity contribution in [1.82, 2.24) is 4.90 Å². The summed E-state index contributed by atoms with van der Waals surface area (Å²) in [5.74, 6) is 1.29. The number of hydrogen-bond acceptors (Lipinski definition) is 2. The van der Waals surface area contributed by atoms with Crippen LogP contribution >= 0.6 is 0 Å². The molecule has 2 N–H and O–H groups in total. The molecule has 1 aliphatic carbocycles. The molecule has 0 aromatic rings. The summed E-state index contributed by atoms with van der Waals surface area (Å²) in [4.78, 5) is 14.6. The van der Waals surface area contributed by atoms with Gasteiger partial charge in [-0.1, -0.05) is 13.8 Å². The van der Waals surface area contributed by atoms with Gasteiger partial charge in [0.15, 0.2) is 0 Å². The molecule has 3 nitrogen and oxygen atoms in total. The van der Waals surface area contributed by atoms with Gasteiger partial charge >= 0.3 is 0 Å². The van der Waals surface area contributed by atoms with Crippen molar-refractivity contribution in [2.75, 3.05) is 6.54 Å². The second-order valence-corrected chi connectivity index (χ2v) is 6.23. The van der Waals surface area contributed by atoms with E-state index in [1.807, 2.05) is 0 Å². The molecular weight excluding hydrogens is 212 g/mol. The number of rotatable bonds is 3. The first kappa shape index (κ1) is 12.9. The molecule has 98 valence electrons. The van der Waals surface area contributed by atoms with Crippen molar-refractivity contribution in [2.45, 2.75) is 64.5 Å². The van der Waals surface area contributed by atoms with E-state index < -0.39 is 0 Å². The van der Waals surface area contributed by atoms with Gasteiger partial charge < -0.3 is 10.6 Å². The number of likely N-dealkylation sites (tertiary alicyclic amines) is 1. The summed E-state index contributed by atoms with van der Waals surface area (Å²) >= 11 is 0. The molecule has 1 amide bonds. The van der Waals surface area contributed by atoms with E-state index in [9.17, 15) is 4.79 Å². The van der Waals surface area contributed by atoms with Gasteiger partial charge in [0.1, 0.15) is 0 Å². The van der Waals surface area contributed by atoms with Crippen LogP contribution in [0.5, 0.6) is 0 Å². The fourth-order valence-corrected chi connectivity index (χ4v) is 3.39. The van der Waals surface area contributed by atoms with E-state index in [0.29, 0.717) is 17.9 Å². The third-order valence-electron chi connectivity index (χ3n) is 4.23. The monoisotopic (exact) mass is 238 g/mol. The van der Waals surface area contributed by atoms with Crippen molar-refractivity contribution < 1.29 is 4.79 Å². The number of carbonyl (C=O) groups excluding carboxylic acids is 1. The molecule has 0 spiro atoms. The molecular formula is C14H26N2O. The maximum atomic E-state index is 12.5. The van der Waals surface area contributed by atoms with Gasteiger partial charge in [0.05, 0.1) is 0 Å². The van der Waals surface area contributed by atoms with Gasteiger partial charge in [0.2, 0.25) is 5.91 Å². The highest BCUT2D eigenvalue weighted by molar-refractivity contribution is 5.79. The Morgan fingerprint density at radius 2 is 2.12 bits per heavy atom. The van der Waals surface area contributed by atoms with Crippen LogP contribution < -0.4 is 5.73 Å². The van der Waals surface area contributed by atoms with Crippen molar-refractivity contribution in [1.29, 1.82) is 0 Å². The first-order chi connectivity index (χ1) is 8.08. The zero-order valence-corrected chi connectivity index (χ0v) is 11.2. The molecule has 1 saturated heterocycles. The molecule has 3 atom stereocenters. The Labute approximate surface area is 105 Å². The summed E-state index contributed by atoms with van der Waals surface area (Å²) in [6, 6.07) is 0.759. The Hall–Kier alpha value is -0.570. The molecule has 1 saturated carbocycles. The van der Waals surface area contributed by atoms with E-state index >= 15 is 0 Å². The molecule has 1 heterocycles. The molecule has 2 fully saturated rings. The first-order valence-electron chi connectivity index (χ1n) is 7.14. The van der Waals surface area contributed by atoms with E-state index in [2.05, 4.69) is 18.7 Å². The normalized spacial score (nSPS) is 33.6. The summed E-state index contributed by atoms with van der Waals surface area (Å²) in [5, 5.41) is 0. The van der Waals surface area contributed by atoms with E-state index in [1.54, 1.807) is 0 Å². The second-order valence-electron chi connectivity index (χ2n) is 6.23. The lowest BCUT2D eigenvalue weighted by molar-refractivity contribution is -0.136. The summed E-state index contributed by atoms with van der Waals surface area (Å²) in [6.45, 7) is 5.46. The Balaban J connectivity index is 1.93. The summed E-state index contributed by atoms with van der Waals surface area (Å²) < 4.78 is 0. The average molecular weight is 238 g/mol. The van der Waals surface area contributed by atoms with Gasteiger partial charge in [-0.3, -0.25) is 4.79 Å². The number of carbonyl (C=O) groups is 1. The van der Waals surface area contributed by atoms with Crippen molar-refractivity contribution in [3.63, 3.8) is 0 Å². The SMILES string of the molecule is CC(C)C[C@@H]1CCCN1C(=O)[C@H]1CC[C@@H](N)C1. The summed E-state index contributed by atoms with van der Waals surface area (Å²) in [6.07, 6.45) is 6.48. The van der Waals surface area contributed by atoms with Crippen LogP contribution in [-0.2, 0) is 4.79 Å². The van der Waals surface area contributed by atoms with Gasteiger partial charge in [0.25, 0.3) is 0 Å². The van der Waals surface area contributed by atoms with Gasteiger partial charge in [0, 0.05) is 24.5 Å². The fraction of sp³-hybridized carbons (Fsp3) is 0.929. The van der Waals surface area contributed by atoms with Crippen molar-refractivity contribution in [3.8, 4) is 0 Å². The lowest BCUT2D eigenvalue weighted by Gasteiger charge is -2.28. The minimum atomic E-state index is 0.220. The standard InChI is InChI=1S/C14H26N2O/c1-10(2)8-13-4-3-7-16(13)14(17)11-5-6-12(15)9-11/h10-13H,3-9,15H2,1-2H3/t11-,12+,13-/m0/s1. The third-order valence-corrected chi connectivity index (χ3v) is 4.23. The summed E-state index contributed by atoms with van der Waals surface area (Å²) in [5.41, 5.74) is 5.91. The Morgan fingerprint density at radius 1 is 1.35 bits per heavy atom. The van der Waals surface area contributed by atoms with Crippen LogP contribution in [0.15, 0.2) is 0 Å². The summed E-state index contributed by atoms with van der Waals surface area (Å²) in [7, 11) is 0. The number of hydrogen-bond donors (Lipinski definition) is 1. The second kappa shape index (κ2) is 5.38. The Kier molecular flexibility index (Phi) is 4.08. The van der Waals surface area contributed by atoms with Crippen LogP contribution in [0, 0.1) is 11.8 Å². The molecule has 1 aliphatic heterocycles. The molecule has 2 aliphatic rings. The largest absolute Gasteiger partial charge is 0.339 e. The highest BCUT2D eigenvalue weighted by atomic mass is 16.2. The van der Waals surface area contributed by atoms with Crippen LogP contribution in [0.25, 0.3) is 0 Å². The number of nitrogens with two attached hydrogens (primary N) is 1. The predicted molar refractivity (Wildman–Crippen MR) is 69.5 cm³/mol. The topological polar surface area (TPSA) is 46.3 Å². The molecule has 2 rings (SSSR count). The van der Waals surface area contributed by atoms with Crippen LogP contribution in [0.1, 0.15) is 52.4 Å². The van der Waals surface area contributed by atoms with Crippen molar-refractivity contribution in [3.05, 3.63) is 0 Å². The number of amides is 1.